The summed E-state index contributed by atoms with van der Waals surface area (Å²) in [6, 6.07) is 6.45. The zero-order valence-corrected chi connectivity index (χ0v) is 15.8. The Kier molecular flexibility index (Phi) is 5.41. The molecule has 1 fully saturated rings. The van der Waals surface area contributed by atoms with E-state index in [4.69, 9.17) is 6.42 Å². The van der Waals surface area contributed by atoms with Gasteiger partial charge in [0, 0.05) is 12.1 Å². The van der Waals surface area contributed by atoms with Gasteiger partial charge < -0.3 is 0 Å². The highest BCUT2D eigenvalue weighted by molar-refractivity contribution is 7.86. The molecule has 132 valence electrons. The van der Waals surface area contributed by atoms with Crippen molar-refractivity contribution >= 4 is 16.0 Å². The van der Waals surface area contributed by atoms with Gasteiger partial charge in [-0.25, -0.2) is 4.72 Å². The Morgan fingerprint density at radius 1 is 1.33 bits per heavy atom. The number of nitrogens with one attached hydrogen (secondary N) is 1. The Bertz CT molecular complexity index is 742. The van der Waals surface area contributed by atoms with Crippen LogP contribution >= 0.6 is 0 Å². The molecule has 1 N–H and O–H groups in total. The van der Waals surface area contributed by atoms with Crippen LogP contribution in [-0.2, 0) is 10.3 Å². The van der Waals surface area contributed by atoms with Gasteiger partial charge in [-0.1, -0.05) is 33.6 Å². The van der Waals surface area contributed by atoms with E-state index in [9.17, 15) is 8.09 Å². The highest BCUT2D eigenvalue weighted by atomic mass is 32.3. The molecule has 0 spiro atoms. The Hall–Kier alpha value is -1.38. The van der Waals surface area contributed by atoms with Crippen molar-refractivity contribution in [1.82, 2.24) is 4.72 Å². The van der Waals surface area contributed by atoms with Gasteiger partial charge in [-0.05, 0) is 60.3 Å². The van der Waals surface area contributed by atoms with Crippen molar-refractivity contribution in [1.29, 1.82) is 0 Å². The zero-order valence-electron chi connectivity index (χ0n) is 14.9. The Labute approximate surface area is 146 Å². The van der Waals surface area contributed by atoms with E-state index in [0.717, 1.165) is 12.8 Å². The molecular formula is C19H27FN2OS. The Morgan fingerprint density at radius 2 is 1.96 bits per heavy atom. The van der Waals surface area contributed by atoms with Crippen LogP contribution in [0.25, 0.3) is 0 Å². The average molecular weight is 351 g/mol. The van der Waals surface area contributed by atoms with Crippen LogP contribution in [0.15, 0.2) is 28.6 Å². The fourth-order valence-corrected chi connectivity index (χ4v) is 5.32. The van der Waals surface area contributed by atoms with E-state index in [1.165, 1.54) is 6.42 Å². The normalized spacial score (nSPS) is 28.6. The summed E-state index contributed by atoms with van der Waals surface area (Å²) < 4.78 is 32.8. The molecule has 24 heavy (non-hydrogen) atoms. The van der Waals surface area contributed by atoms with Crippen molar-refractivity contribution in [3.05, 3.63) is 29.8 Å². The van der Waals surface area contributed by atoms with Gasteiger partial charge >= 0.3 is 0 Å². The van der Waals surface area contributed by atoms with Crippen molar-refractivity contribution in [2.45, 2.75) is 47.0 Å². The maximum absolute atomic E-state index is 14.4. The van der Waals surface area contributed by atoms with Crippen molar-refractivity contribution in [3.8, 4) is 12.3 Å². The second-order valence-corrected chi connectivity index (χ2v) is 9.61. The molecule has 3 atom stereocenters. The van der Waals surface area contributed by atoms with Crippen LogP contribution in [-0.4, -0.2) is 10.8 Å². The largest absolute Gasteiger partial charge is 0.273 e. The van der Waals surface area contributed by atoms with E-state index in [0.29, 0.717) is 23.7 Å². The number of nitrogens with zero attached hydrogens (tertiary/aromatic N) is 1. The summed E-state index contributed by atoms with van der Waals surface area (Å²) in [6.45, 7) is 9.19. The third-order valence-corrected chi connectivity index (χ3v) is 5.53. The van der Waals surface area contributed by atoms with Gasteiger partial charge in [-0.3, -0.25) is 0 Å². The van der Waals surface area contributed by atoms with Crippen LogP contribution in [0.3, 0.4) is 0 Å². The molecule has 0 amide bonds. The highest BCUT2D eigenvalue weighted by Gasteiger charge is 2.40. The molecule has 1 unspecified atom stereocenters. The number of terminal acetylenes is 1. The van der Waals surface area contributed by atoms with Crippen LogP contribution in [0.5, 0.6) is 0 Å². The first-order chi connectivity index (χ1) is 11.0. The van der Waals surface area contributed by atoms with Crippen molar-refractivity contribution in [3.63, 3.8) is 0 Å². The molecule has 0 aliphatic heterocycles. The van der Waals surface area contributed by atoms with Gasteiger partial charge in [0.05, 0.1) is 5.69 Å². The predicted molar refractivity (Wildman–Crippen MR) is 98.6 cm³/mol. The second-order valence-electron chi connectivity index (χ2n) is 8.23. The molecule has 1 aromatic rings. The monoisotopic (exact) mass is 350 g/mol. The molecule has 1 aliphatic rings. The van der Waals surface area contributed by atoms with E-state index in [-0.39, 0.29) is 10.8 Å². The van der Waals surface area contributed by atoms with Crippen LogP contribution in [0.1, 0.15) is 52.5 Å². The van der Waals surface area contributed by atoms with Gasteiger partial charge in [0.25, 0.3) is 10.3 Å². The summed E-state index contributed by atoms with van der Waals surface area (Å²) >= 11 is 0. The van der Waals surface area contributed by atoms with Crippen LogP contribution < -0.4 is 4.72 Å². The van der Waals surface area contributed by atoms with Crippen LogP contribution in [0.2, 0.25) is 0 Å². The Balaban J connectivity index is 2.10. The molecule has 1 aromatic carbocycles. The molecule has 0 bridgehead atoms. The Morgan fingerprint density at radius 3 is 2.50 bits per heavy atom. The molecule has 0 aromatic heterocycles. The fraction of sp³-hybridized carbons (Fsp3) is 0.579. The summed E-state index contributed by atoms with van der Waals surface area (Å²) in [5.41, 5.74) is 1.13. The zero-order chi connectivity index (χ0) is 18.0. The molecule has 5 heteroatoms. The smallest absolute Gasteiger partial charge is 0.204 e. The van der Waals surface area contributed by atoms with Crippen molar-refractivity contribution in [2.75, 3.05) is 6.54 Å². The number of hydrogen-bond acceptors (Lipinski definition) is 2. The molecule has 2 rings (SSSR count). The van der Waals surface area contributed by atoms with E-state index in [1.54, 1.807) is 24.3 Å². The van der Waals surface area contributed by atoms with Crippen molar-refractivity contribution in [2.24, 2.45) is 21.1 Å². The molecule has 0 heterocycles. The lowest BCUT2D eigenvalue weighted by molar-refractivity contribution is 0.0648. The van der Waals surface area contributed by atoms with Gasteiger partial charge in [0.2, 0.25) is 0 Å². The summed E-state index contributed by atoms with van der Waals surface area (Å²) in [7, 11) is -3.97. The lowest BCUT2D eigenvalue weighted by Gasteiger charge is -2.46. The lowest BCUT2D eigenvalue weighted by atomic mass is 9.61. The molecule has 3 nitrogen and oxygen atoms in total. The van der Waals surface area contributed by atoms with E-state index in [2.05, 4.69) is 42.7 Å². The van der Waals surface area contributed by atoms with Crippen LogP contribution in [0, 0.1) is 29.1 Å². The molecule has 0 radical (unpaired) electrons. The summed E-state index contributed by atoms with van der Waals surface area (Å²) in [6.07, 6.45) is 8.42. The standard InChI is InChI=1S/C19H27FN2OS/c1-6-16-7-9-17(10-8-16)22-24(20,23)21-14-19(5)12-15(2)11-18(3,4)13-19/h1,7-10,15H,11-14H2,2-5H3,(H,21,22,23)/t15-,19-,24?/m1/s1. The number of halogens is 1. The first-order valence-corrected chi connectivity index (χ1v) is 9.72. The molecule has 1 aliphatic carbocycles. The topological polar surface area (TPSA) is 41.5 Å². The third kappa shape index (κ3) is 5.32. The maximum atomic E-state index is 14.4. The number of benzene rings is 1. The van der Waals surface area contributed by atoms with Crippen LogP contribution in [0.4, 0.5) is 9.57 Å². The quantitative estimate of drug-likeness (QED) is 0.602. The summed E-state index contributed by atoms with van der Waals surface area (Å²) in [5.74, 6) is 3.05. The van der Waals surface area contributed by atoms with Gasteiger partial charge in [-0.2, -0.15) is 8.57 Å². The lowest BCUT2D eigenvalue weighted by Crippen LogP contribution is -2.42. The second kappa shape index (κ2) is 6.85. The molecule has 1 saturated carbocycles. The first-order valence-electron chi connectivity index (χ1n) is 8.31. The fourth-order valence-electron chi connectivity index (χ4n) is 4.34. The van der Waals surface area contributed by atoms with Crippen molar-refractivity contribution < 1.29 is 8.09 Å². The van der Waals surface area contributed by atoms with E-state index < -0.39 is 10.3 Å². The van der Waals surface area contributed by atoms with Gasteiger partial charge in [0.15, 0.2) is 0 Å². The maximum Gasteiger partial charge on any atom is 0.273 e. The van der Waals surface area contributed by atoms with Gasteiger partial charge in [-0.15, -0.1) is 10.3 Å². The molecule has 0 saturated heterocycles. The number of rotatable bonds is 4. The highest BCUT2D eigenvalue weighted by Crippen LogP contribution is 2.48. The predicted octanol–water partition coefficient (Wildman–Crippen LogP) is 5.01. The number of hydrogen-bond donors (Lipinski definition) is 1. The molecular weight excluding hydrogens is 323 g/mol. The summed E-state index contributed by atoms with van der Waals surface area (Å²) in [4.78, 5) is 0. The van der Waals surface area contributed by atoms with E-state index >= 15 is 0 Å². The minimum atomic E-state index is -3.97. The first kappa shape index (κ1) is 19.0. The minimum absolute atomic E-state index is 0.0846. The minimum Gasteiger partial charge on any atom is -0.204 e. The third-order valence-electron chi connectivity index (χ3n) is 4.58. The van der Waals surface area contributed by atoms with Gasteiger partial charge in [0.1, 0.15) is 0 Å². The SMILES string of the molecule is C#Cc1ccc(N=S(=O)(F)NC[C@]2(C)C[C@H](C)CC(C)(C)C2)cc1. The average Bonchev–Trinajstić information content (AvgIpc) is 2.43. The summed E-state index contributed by atoms with van der Waals surface area (Å²) in [5, 5.41) is 0. The van der Waals surface area contributed by atoms with E-state index in [1.807, 2.05) is 0 Å².